The van der Waals surface area contributed by atoms with Gasteiger partial charge in [-0.15, -0.1) is 0 Å². The number of nitrogens with two attached hydrogens (primary N) is 1. The zero-order valence-electron chi connectivity index (χ0n) is 18.9. The molecule has 1 aromatic carbocycles. The summed E-state index contributed by atoms with van der Waals surface area (Å²) in [5.74, 6) is 0.924. The summed E-state index contributed by atoms with van der Waals surface area (Å²) in [5, 5.41) is 4.76. The summed E-state index contributed by atoms with van der Waals surface area (Å²) < 4.78 is 0. The van der Waals surface area contributed by atoms with Gasteiger partial charge in [-0.05, 0) is 70.1 Å². The van der Waals surface area contributed by atoms with Crippen LogP contribution in [0.1, 0.15) is 25.7 Å². The number of fused-ring (bicyclic) bond motifs is 1. The van der Waals surface area contributed by atoms with Gasteiger partial charge in [0, 0.05) is 55.1 Å². The fraction of sp³-hybridized carbons (Fsp3) is 0.440. The molecule has 3 N–H and O–H groups in total. The Morgan fingerprint density at radius 2 is 1.74 bits per heavy atom. The van der Waals surface area contributed by atoms with E-state index < -0.39 is 0 Å². The number of pyridine rings is 2. The van der Waals surface area contributed by atoms with E-state index in [1.54, 1.807) is 0 Å². The van der Waals surface area contributed by atoms with E-state index in [4.69, 9.17) is 10.7 Å². The third-order valence-electron chi connectivity index (χ3n) is 6.20. The molecule has 0 spiro atoms. The predicted molar refractivity (Wildman–Crippen MR) is 131 cm³/mol. The van der Waals surface area contributed by atoms with Crippen LogP contribution in [0.5, 0.6) is 0 Å². The minimum atomic E-state index is 0.338. The van der Waals surface area contributed by atoms with Crippen molar-refractivity contribution in [3.8, 4) is 11.3 Å². The van der Waals surface area contributed by atoms with Crippen LogP contribution in [-0.2, 0) is 0 Å². The van der Waals surface area contributed by atoms with Crippen molar-refractivity contribution in [2.24, 2.45) is 5.73 Å². The van der Waals surface area contributed by atoms with Gasteiger partial charge in [0.05, 0.1) is 11.2 Å². The van der Waals surface area contributed by atoms with Gasteiger partial charge in [0.15, 0.2) is 0 Å². The van der Waals surface area contributed by atoms with E-state index in [1.807, 2.05) is 12.3 Å². The number of likely N-dealkylation sites (N-methyl/N-ethyl adjacent to an activating group) is 2. The number of anilines is 2. The molecular weight excluding hydrogens is 384 g/mol. The van der Waals surface area contributed by atoms with Gasteiger partial charge in [0.2, 0.25) is 0 Å². The summed E-state index contributed by atoms with van der Waals surface area (Å²) in [5.41, 5.74) is 10.3. The van der Waals surface area contributed by atoms with Gasteiger partial charge in [0.25, 0.3) is 0 Å². The lowest BCUT2D eigenvalue weighted by Crippen LogP contribution is -2.33. The standard InChI is InChI=1S/C25H34N6/c1-30(2)15-16-31(3)21-12-6-18(7-13-21)23-17-24-22(5-4-14-27-24)25(29-23)28-20-10-8-19(26)9-11-20/h4-7,12-14,17,19-20H,8-11,15-16,26H2,1-3H3,(H,28,29). The SMILES string of the molecule is CN(C)CCN(C)c1ccc(-c2cc3ncccc3c(NC3CCC(N)CC3)n2)cc1. The lowest BCUT2D eigenvalue weighted by Gasteiger charge is -2.27. The van der Waals surface area contributed by atoms with Crippen LogP contribution in [0.25, 0.3) is 22.2 Å². The molecule has 1 aliphatic rings. The van der Waals surface area contributed by atoms with Crippen molar-refractivity contribution in [3.05, 3.63) is 48.7 Å². The molecule has 0 saturated heterocycles. The Labute approximate surface area is 185 Å². The molecule has 0 unspecified atom stereocenters. The molecule has 6 heteroatoms. The minimum Gasteiger partial charge on any atom is -0.373 e. The fourth-order valence-electron chi connectivity index (χ4n) is 4.16. The molecule has 0 bridgehead atoms. The predicted octanol–water partition coefficient (Wildman–Crippen LogP) is 3.98. The fourth-order valence-corrected chi connectivity index (χ4v) is 4.16. The van der Waals surface area contributed by atoms with Crippen LogP contribution in [0.15, 0.2) is 48.7 Å². The van der Waals surface area contributed by atoms with Crippen LogP contribution in [0.3, 0.4) is 0 Å². The van der Waals surface area contributed by atoms with E-state index in [-0.39, 0.29) is 0 Å². The van der Waals surface area contributed by atoms with Gasteiger partial charge in [-0.3, -0.25) is 4.98 Å². The van der Waals surface area contributed by atoms with Crippen LogP contribution in [0, 0.1) is 0 Å². The minimum absolute atomic E-state index is 0.338. The molecule has 0 aliphatic heterocycles. The number of rotatable bonds is 7. The van der Waals surface area contributed by atoms with E-state index in [9.17, 15) is 0 Å². The van der Waals surface area contributed by atoms with E-state index in [2.05, 4.69) is 77.6 Å². The summed E-state index contributed by atoms with van der Waals surface area (Å²) in [7, 11) is 6.34. The molecule has 3 aromatic rings. The zero-order valence-corrected chi connectivity index (χ0v) is 18.9. The molecule has 31 heavy (non-hydrogen) atoms. The zero-order chi connectivity index (χ0) is 21.8. The molecule has 0 atom stereocenters. The van der Waals surface area contributed by atoms with Crippen LogP contribution in [-0.4, -0.2) is 61.2 Å². The Kier molecular flexibility index (Phi) is 6.68. The first kappa shape index (κ1) is 21.5. The Balaban J connectivity index is 1.59. The summed E-state index contributed by atoms with van der Waals surface area (Å²) in [6.07, 6.45) is 6.15. The number of aromatic nitrogens is 2. The third-order valence-corrected chi connectivity index (χ3v) is 6.20. The highest BCUT2D eigenvalue weighted by Crippen LogP contribution is 2.30. The molecule has 2 heterocycles. The molecule has 1 aliphatic carbocycles. The van der Waals surface area contributed by atoms with E-state index in [0.717, 1.165) is 66.8 Å². The van der Waals surface area contributed by atoms with Crippen LogP contribution in [0.4, 0.5) is 11.5 Å². The van der Waals surface area contributed by atoms with Crippen molar-refractivity contribution in [2.75, 3.05) is 44.4 Å². The summed E-state index contributed by atoms with van der Waals surface area (Å²) in [6.45, 7) is 2.01. The van der Waals surface area contributed by atoms with Gasteiger partial charge in [0.1, 0.15) is 5.82 Å². The maximum atomic E-state index is 6.09. The second kappa shape index (κ2) is 9.62. The van der Waals surface area contributed by atoms with E-state index in [0.29, 0.717) is 12.1 Å². The lowest BCUT2D eigenvalue weighted by molar-refractivity contribution is 0.411. The number of nitrogens with one attached hydrogen (secondary N) is 1. The first-order valence-corrected chi connectivity index (χ1v) is 11.2. The normalized spacial score (nSPS) is 19.0. The van der Waals surface area contributed by atoms with Crippen molar-refractivity contribution < 1.29 is 0 Å². The monoisotopic (exact) mass is 418 g/mol. The second-order valence-electron chi connectivity index (χ2n) is 8.95. The Morgan fingerprint density at radius 3 is 2.45 bits per heavy atom. The molecule has 4 rings (SSSR count). The Bertz CT molecular complexity index is 993. The Hall–Kier alpha value is -2.70. The molecule has 164 valence electrons. The maximum Gasteiger partial charge on any atom is 0.136 e. The number of benzene rings is 1. The highest BCUT2D eigenvalue weighted by Gasteiger charge is 2.20. The summed E-state index contributed by atoms with van der Waals surface area (Å²) in [6, 6.07) is 15.6. The number of hydrogen-bond acceptors (Lipinski definition) is 6. The van der Waals surface area contributed by atoms with Crippen LogP contribution >= 0.6 is 0 Å². The smallest absolute Gasteiger partial charge is 0.136 e. The number of nitrogens with zero attached hydrogens (tertiary/aromatic N) is 4. The molecule has 1 fully saturated rings. The lowest BCUT2D eigenvalue weighted by atomic mass is 9.92. The van der Waals surface area contributed by atoms with Crippen molar-refractivity contribution >= 4 is 22.4 Å². The highest BCUT2D eigenvalue weighted by atomic mass is 15.2. The van der Waals surface area contributed by atoms with Gasteiger partial charge < -0.3 is 20.9 Å². The summed E-state index contributed by atoms with van der Waals surface area (Å²) in [4.78, 5) is 14.1. The molecular formula is C25H34N6. The third kappa shape index (κ3) is 5.32. The molecule has 0 radical (unpaired) electrons. The molecule has 2 aromatic heterocycles. The van der Waals surface area contributed by atoms with Crippen molar-refractivity contribution in [1.82, 2.24) is 14.9 Å². The average molecular weight is 419 g/mol. The topological polar surface area (TPSA) is 70.3 Å². The molecule has 1 saturated carbocycles. The van der Waals surface area contributed by atoms with Crippen LogP contribution in [0.2, 0.25) is 0 Å². The van der Waals surface area contributed by atoms with Gasteiger partial charge in [-0.2, -0.15) is 0 Å². The van der Waals surface area contributed by atoms with Gasteiger partial charge >= 0.3 is 0 Å². The van der Waals surface area contributed by atoms with Crippen molar-refractivity contribution in [2.45, 2.75) is 37.8 Å². The van der Waals surface area contributed by atoms with Gasteiger partial charge in [-0.25, -0.2) is 4.98 Å². The first-order chi connectivity index (χ1) is 15.0. The summed E-state index contributed by atoms with van der Waals surface area (Å²) >= 11 is 0. The highest BCUT2D eigenvalue weighted by molar-refractivity contribution is 5.92. The molecule has 0 amide bonds. The maximum absolute atomic E-state index is 6.09. The number of hydrogen-bond donors (Lipinski definition) is 2. The largest absolute Gasteiger partial charge is 0.373 e. The average Bonchev–Trinajstić information content (AvgIpc) is 2.79. The Morgan fingerprint density at radius 1 is 1.00 bits per heavy atom. The molecule has 6 nitrogen and oxygen atoms in total. The van der Waals surface area contributed by atoms with E-state index >= 15 is 0 Å². The van der Waals surface area contributed by atoms with Gasteiger partial charge in [-0.1, -0.05) is 12.1 Å². The van der Waals surface area contributed by atoms with Crippen molar-refractivity contribution in [3.63, 3.8) is 0 Å². The second-order valence-corrected chi connectivity index (χ2v) is 8.95. The quantitative estimate of drug-likeness (QED) is 0.605. The van der Waals surface area contributed by atoms with Crippen molar-refractivity contribution in [1.29, 1.82) is 0 Å². The van der Waals surface area contributed by atoms with Crippen LogP contribution < -0.4 is 16.0 Å². The van der Waals surface area contributed by atoms with E-state index in [1.165, 1.54) is 5.69 Å². The first-order valence-electron chi connectivity index (χ1n) is 11.2.